The molecule has 0 fully saturated rings. The van der Waals surface area contributed by atoms with Crippen LogP contribution in [0.15, 0.2) is 24.3 Å². The number of hydrogen-bond donors (Lipinski definition) is 3. The molecule has 2 amide bonds. The molecule has 0 aliphatic rings. The third-order valence-corrected chi connectivity index (χ3v) is 3.76. The number of rotatable bonds is 6. The molecule has 25 heavy (non-hydrogen) atoms. The van der Waals surface area contributed by atoms with Crippen molar-refractivity contribution in [3.8, 4) is 5.75 Å². The van der Waals surface area contributed by atoms with E-state index in [-0.39, 0.29) is 33.6 Å². The van der Waals surface area contributed by atoms with E-state index in [1.807, 2.05) is 0 Å². The summed E-state index contributed by atoms with van der Waals surface area (Å²) < 4.78 is 19.8. The Labute approximate surface area is 149 Å². The predicted molar refractivity (Wildman–Crippen MR) is 92.6 cm³/mol. The second-order valence-electron chi connectivity index (χ2n) is 5.29. The van der Waals surface area contributed by atoms with Gasteiger partial charge in [-0.05, 0) is 26.0 Å². The Morgan fingerprint density at radius 1 is 1.32 bits per heavy atom. The summed E-state index contributed by atoms with van der Waals surface area (Å²) in [6.07, 6.45) is -0.696. The van der Waals surface area contributed by atoms with E-state index in [4.69, 9.17) is 16.3 Å². The van der Waals surface area contributed by atoms with Gasteiger partial charge in [-0.1, -0.05) is 17.7 Å². The number of aromatic nitrogens is 1. The molecule has 0 radical (unpaired) electrons. The quantitative estimate of drug-likeness (QED) is 0.733. The van der Waals surface area contributed by atoms with Crippen molar-refractivity contribution in [2.45, 2.75) is 20.0 Å². The number of hydrogen-bond acceptors (Lipinski definition) is 3. The van der Waals surface area contributed by atoms with Crippen molar-refractivity contribution in [2.75, 3.05) is 13.6 Å². The van der Waals surface area contributed by atoms with Gasteiger partial charge in [-0.3, -0.25) is 9.59 Å². The number of H-pyrrole nitrogens is 1. The van der Waals surface area contributed by atoms with E-state index in [0.717, 1.165) is 0 Å². The van der Waals surface area contributed by atoms with Crippen LogP contribution in [0.3, 0.4) is 0 Å². The summed E-state index contributed by atoms with van der Waals surface area (Å²) in [5.41, 5.74) is 0.553. The molecule has 0 spiro atoms. The van der Waals surface area contributed by atoms with Gasteiger partial charge >= 0.3 is 0 Å². The molecule has 0 bridgehead atoms. The van der Waals surface area contributed by atoms with E-state index < -0.39 is 17.8 Å². The Morgan fingerprint density at radius 2 is 2.04 bits per heavy atom. The normalized spacial score (nSPS) is 11.7. The highest BCUT2D eigenvalue weighted by Gasteiger charge is 2.22. The fourth-order valence-corrected chi connectivity index (χ4v) is 2.44. The Hall–Kier alpha value is -2.54. The molecule has 1 aromatic heterocycles. The summed E-state index contributed by atoms with van der Waals surface area (Å²) in [4.78, 5) is 26.7. The molecule has 134 valence electrons. The smallest absolute Gasteiger partial charge is 0.271 e. The summed E-state index contributed by atoms with van der Waals surface area (Å²) in [6, 6.07) is 5.67. The van der Waals surface area contributed by atoms with Crippen molar-refractivity contribution in [1.29, 1.82) is 0 Å². The van der Waals surface area contributed by atoms with Crippen LogP contribution < -0.4 is 15.4 Å². The molecule has 2 rings (SSSR count). The number of amides is 2. The molecule has 0 saturated carbocycles. The molecule has 6 nitrogen and oxygen atoms in total. The van der Waals surface area contributed by atoms with Crippen LogP contribution in [-0.2, 0) is 0 Å². The van der Waals surface area contributed by atoms with Crippen molar-refractivity contribution in [2.24, 2.45) is 0 Å². The van der Waals surface area contributed by atoms with Crippen LogP contribution >= 0.6 is 11.6 Å². The van der Waals surface area contributed by atoms with E-state index >= 15 is 0 Å². The monoisotopic (exact) mass is 367 g/mol. The zero-order valence-corrected chi connectivity index (χ0v) is 14.8. The lowest BCUT2D eigenvalue weighted by Gasteiger charge is -2.16. The standard InChI is InChI=1S/C17H19ClFN3O3/c1-4-21-16(23)13-8-14(15(22-13)17(24)20-3)25-9(2)11-6-5-10(18)7-12(11)19/h5-9,22H,4H2,1-3H3,(H,20,24)(H,21,23)/t9-/m1/s1. The van der Waals surface area contributed by atoms with Crippen LogP contribution in [0, 0.1) is 5.82 Å². The Morgan fingerprint density at radius 3 is 2.64 bits per heavy atom. The van der Waals surface area contributed by atoms with E-state index in [0.29, 0.717) is 6.54 Å². The van der Waals surface area contributed by atoms with Crippen molar-refractivity contribution >= 4 is 23.4 Å². The molecule has 0 aliphatic carbocycles. The molecular weight excluding hydrogens is 349 g/mol. The number of ether oxygens (including phenoxy) is 1. The maximum absolute atomic E-state index is 14.0. The minimum atomic E-state index is -0.696. The number of halogens is 2. The summed E-state index contributed by atoms with van der Waals surface area (Å²) in [6.45, 7) is 3.86. The average Bonchev–Trinajstić information content (AvgIpc) is 2.98. The lowest BCUT2D eigenvalue weighted by Crippen LogP contribution is -2.23. The van der Waals surface area contributed by atoms with Crippen LogP contribution in [0.5, 0.6) is 5.75 Å². The fraction of sp³-hybridized carbons (Fsp3) is 0.294. The molecule has 8 heteroatoms. The molecule has 0 saturated heterocycles. The van der Waals surface area contributed by atoms with Crippen LogP contribution in [0.4, 0.5) is 4.39 Å². The third kappa shape index (κ3) is 4.30. The Balaban J connectivity index is 2.33. The first kappa shape index (κ1) is 18.8. The number of aromatic amines is 1. The van der Waals surface area contributed by atoms with Crippen molar-refractivity contribution in [3.05, 3.63) is 52.1 Å². The van der Waals surface area contributed by atoms with Crippen molar-refractivity contribution < 1.29 is 18.7 Å². The topological polar surface area (TPSA) is 83.2 Å². The van der Waals surface area contributed by atoms with Gasteiger partial charge in [0.25, 0.3) is 11.8 Å². The van der Waals surface area contributed by atoms with Crippen LogP contribution in [0.25, 0.3) is 0 Å². The van der Waals surface area contributed by atoms with Gasteiger partial charge in [0.2, 0.25) is 0 Å². The summed E-state index contributed by atoms with van der Waals surface area (Å²) in [5.74, 6) is -1.18. The minimum Gasteiger partial charge on any atom is -0.483 e. The van der Waals surface area contributed by atoms with Gasteiger partial charge in [-0.25, -0.2) is 4.39 Å². The number of nitrogens with one attached hydrogen (secondary N) is 3. The first-order valence-electron chi connectivity index (χ1n) is 7.72. The second-order valence-corrected chi connectivity index (χ2v) is 5.72. The molecule has 1 aromatic carbocycles. The summed E-state index contributed by atoms with van der Waals surface area (Å²) in [7, 11) is 1.46. The Bertz CT molecular complexity index is 791. The van der Waals surface area contributed by atoms with Gasteiger partial charge in [-0.15, -0.1) is 0 Å². The second kappa shape index (κ2) is 8.02. The third-order valence-electron chi connectivity index (χ3n) is 3.52. The highest BCUT2D eigenvalue weighted by Crippen LogP contribution is 2.28. The lowest BCUT2D eigenvalue weighted by molar-refractivity contribution is 0.0951. The SMILES string of the molecule is CCNC(=O)c1cc(O[C@H](C)c2ccc(Cl)cc2F)c(C(=O)NC)[nH]1. The zero-order valence-electron chi connectivity index (χ0n) is 14.1. The molecule has 1 heterocycles. The average molecular weight is 368 g/mol. The van der Waals surface area contributed by atoms with Gasteiger partial charge in [-0.2, -0.15) is 0 Å². The van der Waals surface area contributed by atoms with Crippen LogP contribution in [0.2, 0.25) is 5.02 Å². The van der Waals surface area contributed by atoms with E-state index in [9.17, 15) is 14.0 Å². The number of carbonyl (C=O) groups excluding carboxylic acids is 2. The van der Waals surface area contributed by atoms with Gasteiger partial charge in [0.1, 0.15) is 23.3 Å². The van der Waals surface area contributed by atoms with E-state index in [1.54, 1.807) is 19.9 Å². The largest absolute Gasteiger partial charge is 0.483 e. The highest BCUT2D eigenvalue weighted by molar-refractivity contribution is 6.30. The zero-order chi connectivity index (χ0) is 18.6. The molecule has 1 atom stereocenters. The minimum absolute atomic E-state index is 0.0879. The van der Waals surface area contributed by atoms with E-state index in [1.165, 1.54) is 25.2 Å². The fourth-order valence-electron chi connectivity index (χ4n) is 2.29. The maximum Gasteiger partial charge on any atom is 0.271 e. The van der Waals surface area contributed by atoms with Gasteiger partial charge in [0.15, 0.2) is 5.75 Å². The molecule has 3 N–H and O–H groups in total. The molecule has 0 aliphatic heterocycles. The first-order chi connectivity index (χ1) is 11.9. The predicted octanol–water partition coefficient (Wildman–Crippen LogP) is 3.06. The molecule has 0 unspecified atom stereocenters. The number of benzene rings is 1. The van der Waals surface area contributed by atoms with E-state index in [2.05, 4.69) is 15.6 Å². The summed E-state index contributed by atoms with van der Waals surface area (Å²) in [5, 5.41) is 5.37. The van der Waals surface area contributed by atoms with Gasteiger partial charge in [0.05, 0.1) is 0 Å². The van der Waals surface area contributed by atoms with Gasteiger partial charge < -0.3 is 20.4 Å². The molecular formula is C17H19ClFN3O3. The lowest BCUT2D eigenvalue weighted by atomic mass is 10.1. The van der Waals surface area contributed by atoms with Gasteiger partial charge in [0, 0.05) is 30.2 Å². The van der Waals surface area contributed by atoms with Crippen LogP contribution in [0.1, 0.15) is 46.5 Å². The van der Waals surface area contributed by atoms with Crippen molar-refractivity contribution in [1.82, 2.24) is 15.6 Å². The maximum atomic E-state index is 14.0. The van der Waals surface area contributed by atoms with Crippen LogP contribution in [-0.4, -0.2) is 30.4 Å². The highest BCUT2D eigenvalue weighted by atomic mass is 35.5. The number of carbonyl (C=O) groups is 2. The summed E-state index contributed by atoms with van der Waals surface area (Å²) >= 11 is 5.75. The van der Waals surface area contributed by atoms with Crippen molar-refractivity contribution in [3.63, 3.8) is 0 Å². The first-order valence-corrected chi connectivity index (χ1v) is 8.10. The Kier molecular flexibility index (Phi) is 6.03. The molecule has 2 aromatic rings.